The van der Waals surface area contributed by atoms with Crippen molar-refractivity contribution in [1.29, 1.82) is 0 Å². The summed E-state index contributed by atoms with van der Waals surface area (Å²) in [6.45, 7) is 0. The van der Waals surface area contributed by atoms with Gasteiger partial charge in [-0.1, -0.05) is 0 Å². The first-order valence-electron chi connectivity index (χ1n) is 5.93. The fourth-order valence-electron chi connectivity index (χ4n) is 1.86. The summed E-state index contributed by atoms with van der Waals surface area (Å²) in [6.07, 6.45) is 7.37. The Labute approximate surface area is 118 Å². The number of H-pyrrole nitrogens is 1. The number of carboxylic acids is 1. The number of nitrogens with one attached hydrogen (secondary N) is 2. The van der Waals surface area contributed by atoms with Gasteiger partial charge in [0, 0.05) is 24.3 Å². The molecule has 0 saturated carbocycles. The van der Waals surface area contributed by atoms with E-state index in [1.54, 1.807) is 0 Å². The van der Waals surface area contributed by atoms with Gasteiger partial charge in [0.05, 0.1) is 17.3 Å². The summed E-state index contributed by atoms with van der Waals surface area (Å²) < 4.78 is 0. The quantitative estimate of drug-likeness (QED) is 0.705. The van der Waals surface area contributed by atoms with Crippen molar-refractivity contribution in [3.05, 3.63) is 53.4 Å². The number of hydrogen-bond donors (Lipinski definition) is 3. The summed E-state index contributed by atoms with van der Waals surface area (Å²) in [5.41, 5.74) is 4.04. The molecule has 104 valence electrons. The Balaban J connectivity index is 1.98. The number of aromatic amines is 1. The van der Waals surface area contributed by atoms with Crippen molar-refractivity contribution in [3.8, 4) is 0 Å². The number of carboxylic acid groups (broad SMARTS) is 1. The first-order valence-corrected chi connectivity index (χ1v) is 5.93. The molecule has 0 atom stereocenters. The van der Waals surface area contributed by atoms with Crippen LogP contribution in [0, 0.1) is 0 Å². The highest BCUT2D eigenvalue weighted by atomic mass is 16.4. The highest BCUT2D eigenvalue weighted by Gasteiger charge is 2.25. The Morgan fingerprint density at radius 3 is 2.86 bits per heavy atom. The number of hydrogen-bond acceptors (Lipinski definition) is 5. The number of hydrazone groups is 1. The average molecular weight is 283 g/mol. The van der Waals surface area contributed by atoms with Crippen molar-refractivity contribution in [1.82, 2.24) is 20.4 Å². The monoisotopic (exact) mass is 283 g/mol. The molecule has 8 nitrogen and oxygen atoms in total. The summed E-state index contributed by atoms with van der Waals surface area (Å²) >= 11 is 0. The van der Waals surface area contributed by atoms with Gasteiger partial charge >= 0.3 is 5.97 Å². The molecule has 8 heteroatoms. The van der Waals surface area contributed by atoms with Crippen molar-refractivity contribution in [2.24, 2.45) is 5.10 Å². The summed E-state index contributed by atoms with van der Waals surface area (Å²) in [5, 5.41) is 12.8. The predicted molar refractivity (Wildman–Crippen MR) is 72.4 cm³/mol. The van der Waals surface area contributed by atoms with E-state index in [-0.39, 0.29) is 17.0 Å². The first kappa shape index (κ1) is 12.7. The first-order chi connectivity index (χ1) is 10.1. The molecule has 0 unspecified atom stereocenters. The van der Waals surface area contributed by atoms with Crippen molar-refractivity contribution in [2.75, 3.05) is 0 Å². The van der Waals surface area contributed by atoms with E-state index < -0.39 is 5.97 Å². The van der Waals surface area contributed by atoms with Gasteiger partial charge in [-0.05, 0) is 12.1 Å². The van der Waals surface area contributed by atoms with Gasteiger partial charge in [0.25, 0.3) is 5.91 Å². The van der Waals surface area contributed by atoms with Crippen LogP contribution in [0.3, 0.4) is 0 Å². The lowest BCUT2D eigenvalue weighted by Gasteiger charge is -1.99. The highest BCUT2D eigenvalue weighted by molar-refractivity contribution is 6.32. The SMILES string of the molecule is O=C1NN=C(c2cnccn2)/C1=C\c1cc(C(=O)O)c[nH]1. The zero-order valence-corrected chi connectivity index (χ0v) is 10.6. The van der Waals surface area contributed by atoms with E-state index in [1.807, 2.05) is 0 Å². The number of aromatic nitrogens is 3. The van der Waals surface area contributed by atoms with E-state index in [0.717, 1.165) is 0 Å². The number of nitrogens with zero attached hydrogens (tertiary/aromatic N) is 3. The third-order valence-electron chi connectivity index (χ3n) is 2.83. The topological polar surface area (TPSA) is 120 Å². The third kappa shape index (κ3) is 2.41. The zero-order chi connectivity index (χ0) is 14.8. The van der Waals surface area contributed by atoms with Gasteiger partial charge in [0.2, 0.25) is 0 Å². The van der Waals surface area contributed by atoms with E-state index in [9.17, 15) is 9.59 Å². The van der Waals surface area contributed by atoms with Crippen LogP contribution in [0.1, 0.15) is 21.7 Å². The normalized spacial score (nSPS) is 15.9. The summed E-state index contributed by atoms with van der Waals surface area (Å²) in [4.78, 5) is 33.5. The van der Waals surface area contributed by atoms with Crippen LogP contribution < -0.4 is 5.43 Å². The van der Waals surface area contributed by atoms with Gasteiger partial charge in [-0.15, -0.1) is 0 Å². The van der Waals surface area contributed by atoms with E-state index in [0.29, 0.717) is 17.1 Å². The van der Waals surface area contributed by atoms with Gasteiger partial charge in [-0.2, -0.15) is 5.10 Å². The molecule has 0 bridgehead atoms. The molecule has 21 heavy (non-hydrogen) atoms. The molecule has 1 amide bonds. The van der Waals surface area contributed by atoms with Gasteiger partial charge in [-0.25, -0.2) is 10.2 Å². The minimum Gasteiger partial charge on any atom is -0.478 e. The smallest absolute Gasteiger partial charge is 0.337 e. The van der Waals surface area contributed by atoms with Crippen LogP contribution in [0.4, 0.5) is 0 Å². The van der Waals surface area contributed by atoms with E-state index in [4.69, 9.17) is 5.11 Å². The molecule has 0 saturated heterocycles. The molecule has 0 fully saturated rings. The Morgan fingerprint density at radius 1 is 1.33 bits per heavy atom. The van der Waals surface area contributed by atoms with E-state index >= 15 is 0 Å². The second kappa shape index (κ2) is 5.00. The summed E-state index contributed by atoms with van der Waals surface area (Å²) in [6, 6.07) is 1.43. The van der Waals surface area contributed by atoms with Crippen molar-refractivity contribution in [2.45, 2.75) is 0 Å². The molecule has 1 aliphatic rings. The van der Waals surface area contributed by atoms with Crippen molar-refractivity contribution < 1.29 is 14.7 Å². The molecule has 3 N–H and O–H groups in total. The number of amides is 1. The lowest BCUT2D eigenvalue weighted by atomic mass is 10.1. The molecule has 0 spiro atoms. The second-order valence-electron chi connectivity index (χ2n) is 4.20. The van der Waals surface area contributed by atoms with Crippen LogP contribution >= 0.6 is 0 Å². The standard InChI is InChI=1S/C13H9N5O3/c19-12-9(4-8-3-7(5-16-8)13(20)21)11(17-18-12)10-6-14-1-2-15-10/h1-6,16H,(H,18,19)(H,20,21)/b9-4+. The molecule has 0 aromatic carbocycles. The molecule has 2 aromatic rings. The maximum Gasteiger partial charge on any atom is 0.337 e. The van der Waals surface area contributed by atoms with Crippen LogP contribution in [0.15, 0.2) is 41.5 Å². The zero-order valence-electron chi connectivity index (χ0n) is 10.6. The van der Waals surface area contributed by atoms with Gasteiger partial charge in [-0.3, -0.25) is 14.8 Å². The number of rotatable bonds is 3. The van der Waals surface area contributed by atoms with Crippen LogP contribution in [-0.4, -0.2) is 37.6 Å². The Morgan fingerprint density at radius 2 is 2.19 bits per heavy atom. The number of carbonyl (C=O) groups excluding carboxylic acids is 1. The molecule has 2 aromatic heterocycles. The second-order valence-corrected chi connectivity index (χ2v) is 4.20. The predicted octanol–water partition coefficient (Wildman–Crippen LogP) is 0.420. The van der Waals surface area contributed by atoms with Crippen LogP contribution in [0.25, 0.3) is 6.08 Å². The maximum atomic E-state index is 11.8. The fraction of sp³-hybridized carbons (Fsp3) is 0. The molecular weight excluding hydrogens is 274 g/mol. The Bertz CT molecular complexity index is 776. The van der Waals surface area contributed by atoms with E-state index in [1.165, 1.54) is 36.9 Å². The van der Waals surface area contributed by atoms with Crippen molar-refractivity contribution in [3.63, 3.8) is 0 Å². The van der Waals surface area contributed by atoms with Crippen LogP contribution in [0.2, 0.25) is 0 Å². The molecule has 0 radical (unpaired) electrons. The maximum absolute atomic E-state index is 11.8. The van der Waals surface area contributed by atoms with Crippen LogP contribution in [-0.2, 0) is 4.79 Å². The average Bonchev–Trinajstić information content (AvgIpc) is 3.09. The minimum absolute atomic E-state index is 0.109. The Kier molecular flexibility index (Phi) is 3.03. The fourth-order valence-corrected chi connectivity index (χ4v) is 1.86. The van der Waals surface area contributed by atoms with Crippen molar-refractivity contribution >= 4 is 23.7 Å². The third-order valence-corrected chi connectivity index (χ3v) is 2.83. The molecule has 3 rings (SSSR count). The van der Waals surface area contributed by atoms with Gasteiger partial charge in [0.15, 0.2) is 0 Å². The number of aromatic carboxylic acids is 1. The largest absolute Gasteiger partial charge is 0.478 e. The van der Waals surface area contributed by atoms with Gasteiger partial charge < -0.3 is 10.1 Å². The minimum atomic E-state index is -1.05. The number of carbonyl (C=O) groups is 2. The lowest BCUT2D eigenvalue weighted by Crippen LogP contribution is -2.14. The lowest BCUT2D eigenvalue weighted by molar-refractivity contribution is -0.116. The van der Waals surface area contributed by atoms with Crippen LogP contribution in [0.5, 0.6) is 0 Å². The Hall–Kier alpha value is -3.29. The molecule has 1 aliphatic heterocycles. The summed E-state index contributed by atoms with van der Waals surface area (Å²) in [5.74, 6) is -1.43. The molecular formula is C13H9N5O3. The molecule has 0 aliphatic carbocycles. The van der Waals surface area contributed by atoms with Gasteiger partial charge in [0.1, 0.15) is 11.4 Å². The van der Waals surface area contributed by atoms with E-state index in [2.05, 4.69) is 25.5 Å². The highest BCUT2D eigenvalue weighted by Crippen LogP contribution is 2.16. The summed E-state index contributed by atoms with van der Waals surface area (Å²) in [7, 11) is 0. The molecule has 3 heterocycles.